The summed E-state index contributed by atoms with van der Waals surface area (Å²) in [4.78, 5) is 14.4. The predicted molar refractivity (Wildman–Crippen MR) is 85.4 cm³/mol. The molecule has 5 heteroatoms. The lowest BCUT2D eigenvalue weighted by Crippen LogP contribution is -2.43. The maximum absolute atomic E-state index is 12.0. The van der Waals surface area contributed by atoms with E-state index < -0.39 is 12.1 Å². The van der Waals surface area contributed by atoms with Crippen LogP contribution in [0.4, 0.5) is 0 Å². The Balaban J connectivity index is 0.00000161. The average Bonchev–Trinajstić information content (AvgIpc) is 2.69. The quantitative estimate of drug-likeness (QED) is 0.846. The molecule has 2 saturated heterocycles. The van der Waals surface area contributed by atoms with Crippen molar-refractivity contribution in [1.82, 2.24) is 4.90 Å². The van der Waals surface area contributed by atoms with Crippen LogP contribution in [0.25, 0.3) is 0 Å². The van der Waals surface area contributed by atoms with Gasteiger partial charge in [-0.3, -0.25) is 0 Å². The van der Waals surface area contributed by atoms with Crippen LogP contribution >= 0.6 is 17.0 Å². The second kappa shape index (κ2) is 6.90. The Morgan fingerprint density at radius 2 is 1.81 bits per heavy atom. The molecule has 0 saturated carbocycles. The van der Waals surface area contributed by atoms with E-state index in [4.69, 9.17) is 4.74 Å². The van der Waals surface area contributed by atoms with Crippen LogP contribution in [0.15, 0.2) is 30.3 Å². The first kappa shape index (κ1) is 16.5. The minimum atomic E-state index is -1.17. The number of aliphatic hydroxyl groups is 1. The van der Waals surface area contributed by atoms with Gasteiger partial charge in [-0.2, -0.15) is 0 Å². The molecule has 1 aromatic carbocycles. The molecule has 0 spiro atoms. The van der Waals surface area contributed by atoms with Crippen molar-refractivity contribution in [2.24, 2.45) is 0 Å². The summed E-state index contributed by atoms with van der Waals surface area (Å²) in [6.45, 7) is 0. The number of esters is 1. The lowest BCUT2D eigenvalue weighted by atomic mass is 10.0. The molecule has 1 aromatic rings. The van der Waals surface area contributed by atoms with E-state index in [1.807, 2.05) is 18.2 Å². The summed E-state index contributed by atoms with van der Waals surface area (Å²) in [5.74, 6) is -0.523. The molecule has 2 heterocycles. The number of carbonyl (C=O) groups is 1. The van der Waals surface area contributed by atoms with Crippen LogP contribution in [0.5, 0.6) is 0 Å². The molecule has 4 atom stereocenters. The van der Waals surface area contributed by atoms with E-state index in [-0.39, 0.29) is 23.1 Å². The standard InChI is InChI=1S/C16H21NO3.BrH/c1-17-12-7-8-13(17)10-14(9-12)20-16(19)15(18)11-5-3-2-4-6-11;/h2-6,12-15,18H,7-10H2,1H3;1H/t12-,13?,14?,15?;/m0./s1. The highest BCUT2D eigenvalue weighted by Crippen LogP contribution is 2.35. The van der Waals surface area contributed by atoms with Gasteiger partial charge in [0.1, 0.15) is 6.10 Å². The highest BCUT2D eigenvalue weighted by Gasteiger charge is 2.40. The molecule has 116 valence electrons. The normalized spacial score (nSPS) is 29.5. The number of piperidine rings is 1. The minimum absolute atomic E-state index is 0. The first-order chi connectivity index (χ1) is 9.65. The van der Waals surface area contributed by atoms with Crippen molar-refractivity contribution in [3.63, 3.8) is 0 Å². The molecule has 2 aliphatic heterocycles. The highest BCUT2D eigenvalue weighted by molar-refractivity contribution is 8.93. The number of rotatable bonds is 3. The van der Waals surface area contributed by atoms with Crippen molar-refractivity contribution < 1.29 is 14.6 Å². The second-order valence-corrected chi connectivity index (χ2v) is 5.89. The molecule has 2 bridgehead atoms. The van der Waals surface area contributed by atoms with Crippen molar-refractivity contribution in [2.75, 3.05) is 7.05 Å². The highest BCUT2D eigenvalue weighted by atomic mass is 79.9. The third-order valence-corrected chi connectivity index (χ3v) is 4.68. The van der Waals surface area contributed by atoms with Gasteiger partial charge in [-0.15, -0.1) is 17.0 Å². The van der Waals surface area contributed by atoms with Crippen LogP contribution < -0.4 is 0 Å². The minimum Gasteiger partial charge on any atom is -0.460 e. The number of aliphatic hydroxyl groups excluding tert-OH is 1. The Hall–Kier alpha value is -0.910. The molecule has 21 heavy (non-hydrogen) atoms. The van der Waals surface area contributed by atoms with Gasteiger partial charge < -0.3 is 14.7 Å². The largest absolute Gasteiger partial charge is 0.460 e. The van der Waals surface area contributed by atoms with Crippen LogP contribution in [0, 0.1) is 0 Å². The molecule has 1 N–H and O–H groups in total. The number of benzene rings is 1. The Morgan fingerprint density at radius 1 is 1.24 bits per heavy atom. The smallest absolute Gasteiger partial charge is 0.339 e. The molecular weight excluding hydrogens is 334 g/mol. The van der Waals surface area contributed by atoms with Gasteiger partial charge in [-0.1, -0.05) is 30.3 Å². The van der Waals surface area contributed by atoms with Gasteiger partial charge in [0.05, 0.1) is 0 Å². The molecule has 0 aromatic heterocycles. The van der Waals surface area contributed by atoms with Crippen LogP contribution in [0.2, 0.25) is 0 Å². The van der Waals surface area contributed by atoms with E-state index in [9.17, 15) is 9.90 Å². The van der Waals surface area contributed by atoms with Crippen molar-refractivity contribution in [1.29, 1.82) is 0 Å². The van der Waals surface area contributed by atoms with Crippen molar-refractivity contribution in [2.45, 2.75) is 50.0 Å². The fourth-order valence-corrected chi connectivity index (χ4v) is 3.46. The molecule has 0 radical (unpaired) electrons. The average molecular weight is 356 g/mol. The second-order valence-electron chi connectivity index (χ2n) is 5.89. The Labute approximate surface area is 135 Å². The van der Waals surface area contributed by atoms with Crippen molar-refractivity contribution >= 4 is 23.0 Å². The third kappa shape index (κ3) is 3.47. The summed E-state index contributed by atoms with van der Waals surface area (Å²) < 4.78 is 5.52. The van der Waals surface area contributed by atoms with Gasteiger partial charge in [0, 0.05) is 12.1 Å². The third-order valence-electron chi connectivity index (χ3n) is 4.68. The predicted octanol–water partition coefficient (Wildman–Crippen LogP) is 2.47. The fraction of sp³-hybridized carbons (Fsp3) is 0.562. The lowest BCUT2D eigenvalue weighted by Gasteiger charge is -2.36. The molecule has 3 rings (SSSR count). The fourth-order valence-electron chi connectivity index (χ4n) is 3.46. The number of hydrogen-bond donors (Lipinski definition) is 1. The van der Waals surface area contributed by atoms with E-state index in [0.29, 0.717) is 17.6 Å². The van der Waals surface area contributed by atoms with E-state index in [1.54, 1.807) is 12.1 Å². The maximum Gasteiger partial charge on any atom is 0.339 e. The summed E-state index contributed by atoms with van der Waals surface area (Å²) >= 11 is 0. The zero-order valence-corrected chi connectivity index (χ0v) is 13.9. The summed E-state index contributed by atoms with van der Waals surface area (Å²) in [5, 5.41) is 10.0. The van der Waals surface area contributed by atoms with Crippen molar-refractivity contribution in [3.05, 3.63) is 35.9 Å². The number of carbonyl (C=O) groups excluding carboxylic acids is 1. The number of nitrogens with zero attached hydrogens (tertiary/aromatic N) is 1. The molecule has 3 unspecified atom stereocenters. The Bertz CT molecular complexity index is 468. The number of ether oxygens (including phenoxy) is 1. The van der Waals surface area contributed by atoms with Gasteiger partial charge in [0.2, 0.25) is 0 Å². The Morgan fingerprint density at radius 3 is 2.38 bits per heavy atom. The summed E-state index contributed by atoms with van der Waals surface area (Å²) in [5.41, 5.74) is 0.591. The van der Waals surface area contributed by atoms with Crippen LogP contribution in [-0.4, -0.2) is 41.2 Å². The molecule has 2 aliphatic rings. The summed E-state index contributed by atoms with van der Waals surface area (Å²) in [7, 11) is 2.15. The first-order valence-corrected chi connectivity index (χ1v) is 7.30. The van der Waals surface area contributed by atoms with Gasteiger partial charge in [0.15, 0.2) is 6.10 Å². The first-order valence-electron chi connectivity index (χ1n) is 7.30. The Kier molecular flexibility index (Phi) is 5.41. The van der Waals surface area contributed by atoms with Gasteiger partial charge in [0.25, 0.3) is 0 Å². The van der Waals surface area contributed by atoms with Crippen LogP contribution in [0.1, 0.15) is 37.4 Å². The number of halogens is 1. The monoisotopic (exact) mass is 355 g/mol. The van der Waals surface area contributed by atoms with Crippen LogP contribution in [-0.2, 0) is 9.53 Å². The summed E-state index contributed by atoms with van der Waals surface area (Å²) in [6, 6.07) is 10.0. The van der Waals surface area contributed by atoms with Gasteiger partial charge >= 0.3 is 5.97 Å². The topological polar surface area (TPSA) is 49.8 Å². The molecule has 0 aliphatic carbocycles. The van der Waals surface area contributed by atoms with Crippen molar-refractivity contribution in [3.8, 4) is 0 Å². The van der Waals surface area contributed by atoms with E-state index in [2.05, 4.69) is 11.9 Å². The van der Waals surface area contributed by atoms with Gasteiger partial charge in [-0.05, 0) is 38.3 Å². The molecule has 0 amide bonds. The summed E-state index contributed by atoms with van der Waals surface area (Å²) in [6.07, 6.45) is 2.94. The van der Waals surface area contributed by atoms with Crippen LogP contribution in [0.3, 0.4) is 0 Å². The van der Waals surface area contributed by atoms with E-state index in [1.165, 1.54) is 12.8 Å². The zero-order chi connectivity index (χ0) is 14.1. The lowest BCUT2D eigenvalue weighted by molar-refractivity contribution is -0.162. The SMILES string of the molecule is Br.CN1C2CC[C@H]1CC(OC(=O)C(O)c1ccccc1)C2. The van der Waals surface area contributed by atoms with E-state index in [0.717, 1.165) is 12.8 Å². The number of fused-ring (bicyclic) bond motifs is 2. The number of hydrogen-bond acceptors (Lipinski definition) is 4. The molecule has 2 fully saturated rings. The maximum atomic E-state index is 12.0. The molecular formula is C16H22BrNO3. The molecule has 4 nitrogen and oxygen atoms in total. The van der Waals surface area contributed by atoms with E-state index >= 15 is 0 Å². The zero-order valence-electron chi connectivity index (χ0n) is 12.1. The van der Waals surface area contributed by atoms with Gasteiger partial charge in [-0.25, -0.2) is 4.79 Å².